The first-order valence-electron chi connectivity index (χ1n) is 13.2. The summed E-state index contributed by atoms with van der Waals surface area (Å²) < 4.78 is 16.5. The van der Waals surface area contributed by atoms with E-state index in [0.29, 0.717) is 69.2 Å². The molecule has 2 aliphatic rings. The van der Waals surface area contributed by atoms with Crippen molar-refractivity contribution in [2.45, 2.75) is 37.8 Å². The SMILES string of the molecule is C=CC(=O)N[C@H]1COC[C@H]1Nc1ncc2cc(-c3c(Cl)c(OC)cc(OC)c3Cl)nc(NCC3CCCC3)c2n1. The number of fused-ring (bicyclic) bond motifs is 1. The highest BCUT2D eigenvalue weighted by Crippen LogP contribution is 2.46. The molecule has 10 nitrogen and oxygen atoms in total. The Labute approximate surface area is 242 Å². The molecule has 0 bridgehead atoms. The summed E-state index contributed by atoms with van der Waals surface area (Å²) in [6.07, 6.45) is 7.79. The van der Waals surface area contributed by atoms with Crippen LogP contribution in [-0.2, 0) is 9.53 Å². The summed E-state index contributed by atoms with van der Waals surface area (Å²) in [6, 6.07) is 3.05. The molecule has 2 atom stereocenters. The predicted molar refractivity (Wildman–Crippen MR) is 157 cm³/mol. The number of halogens is 2. The summed E-state index contributed by atoms with van der Waals surface area (Å²) in [7, 11) is 3.07. The third-order valence-electron chi connectivity index (χ3n) is 7.34. The number of carbonyl (C=O) groups excluding carboxylic acids is 1. The molecule has 1 saturated carbocycles. The van der Waals surface area contributed by atoms with Crippen LogP contribution in [0.3, 0.4) is 0 Å². The number of anilines is 2. The summed E-state index contributed by atoms with van der Waals surface area (Å²) in [5.74, 6) is 2.15. The lowest BCUT2D eigenvalue weighted by Crippen LogP contribution is -2.45. The second kappa shape index (κ2) is 12.4. The minimum atomic E-state index is -0.261. The quantitative estimate of drug-likeness (QED) is 0.279. The third kappa shape index (κ3) is 5.89. The number of benzene rings is 1. The molecule has 3 aromatic rings. The minimum absolute atomic E-state index is 0.203. The maximum atomic E-state index is 11.8. The maximum absolute atomic E-state index is 11.8. The van der Waals surface area contributed by atoms with Crippen molar-refractivity contribution in [3.8, 4) is 22.8 Å². The van der Waals surface area contributed by atoms with Gasteiger partial charge in [-0.15, -0.1) is 0 Å². The van der Waals surface area contributed by atoms with Crippen LogP contribution in [0, 0.1) is 5.92 Å². The fourth-order valence-corrected chi connectivity index (χ4v) is 5.87. The van der Waals surface area contributed by atoms with Crippen molar-refractivity contribution in [2.24, 2.45) is 5.92 Å². The van der Waals surface area contributed by atoms with Gasteiger partial charge in [0.05, 0.1) is 55.3 Å². The van der Waals surface area contributed by atoms with Gasteiger partial charge < -0.3 is 30.2 Å². The number of ether oxygens (including phenoxy) is 3. The van der Waals surface area contributed by atoms with Crippen molar-refractivity contribution in [1.29, 1.82) is 0 Å². The van der Waals surface area contributed by atoms with E-state index >= 15 is 0 Å². The zero-order valence-electron chi connectivity index (χ0n) is 22.4. The predicted octanol–water partition coefficient (Wildman–Crippen LogP) is 5.10. The summed E-state index contributed by atoms with van der Waals surface area (Å²) in [5, 5.41) is 11.1. The Morgan fingerprint density at radius 2 is 1.80 bits per heavy atom. The molecule has 212 valence electrons. The molecular formula is C28H32Cl2N6O4. The van der Waals surface area contributed by atoms with E-state index in [0.717, 1.165) is 11.9 Å². The zero-order chi connectivity index (χ0) is 28.2. The lowest BCUT2D eigenvalue weighted by Gasteiger charge is -2.20. The van der Waals surface area contributed by atoms with E-state index in [1.54, 1.807) is 12.3 Å². The lowest BCUT2D eigenvalue weighted by molar-refractivity contribution is -0.117. The maximum Gasteiger partial charge on any atom is 0.243 e. The molecule has 3 heterocycles. The summed E-state index contributed by atoms with van der Waals surface area (Å²) >= 11 is 13.5. The second-order valence-electron chi connectivity index (χ2n) is 9.91. The number of amides is 1. The number of nitrogens with one attached hydrogen (secondary N) is 3. The normalized spacial score (nSPS) is 19.0. The van der Waals surface area contributed by atoms with Crippen LogP contribution in [0.4, 0.5) is 11.8 Å². The van der Waals surface area contributed by atoms with Crippen LogP contribution in [-0.4, -0.2) is 66.9 Å². The molecule has 1 saturated heterocycles. The molecule has 5 rings (SSSR count). The van der Waals surface area contributed by atoms with E-state index in [1.165, 1.54) is 46.0 Å². The first-order chi connectivity index (χ1) is 19.4. The first-order valence-corrected chi connectivity index (χ1v) is 14.0. The molecule has 0 radical (unpaired) electrons. The van der Waals surface area contributed by atoms with Crippen LogP contribution < -0.4 is 25.4 Å². The van der Waals surface area contributed by atoms with Gasteiger partial charge in [-0.25, -0.2) is 15.0 Å². The van der Waals surface area contributed by atoms with Gasteiger partial charge in [0.25, 0.3) is 0 Å². The van der Waals surface area contributed by atoms with Crippen molar-refractivity contribution in [3.05, 3.63) is 41.0 Å². The van der Waals surface area contributed by atoms with Crippen LogP contribution in [0.1, 0.15) is 25.7 Å². The van der Waals surface area contributed by atoms with Gasteiger partial charge in [-0.05, 0) is 30.9 Å². The van der Waals surface area contributed by atoms with Crippen molar-refractivity contribution in [2.75, 3.05) is 44.6 Å². The number of aromatic nitrogens is 3. The number of hydrogen-bond acceptors (Lipinski definition) is 9. The number of nitrogens with zero attached hydrogens (tertiary/aromatic N) is 3. The van der Waals surface area contributed by atoms with Gasteiger partial charge in [0.15, 0.2) is 5.82 Å². The smallest absolute Gasteiger partial charge is 0.243 e. The highest BCUT2D eigenvalue weighted by molar-refractivity contribution is 6.41. The monoisotopic (exact) mass is 586 g/mol. The van der Waals surface area contributed by atoms with Gasteiger partial charge in [0, 0.05) is 29.8 Å². The number of pyridine rings is 1. The van der Waals surface area contributed by atoms with Crippen molar-refractivity contribution < 1.29 is 19.0 Å². The number of methoxy groups -OCH3 is 2. The van der Waals surface area contributed by atoms with Crippen LogP contribution in [0.2, 0.25) is 10.0 Å². The van der Waals surface area contributed by atoms with E-state index in [-0.39, 0.29) is 18.0 Å². The number of hydrogen-bond donors (Lipinski definition) is 3. The molecule has 2 aromatic heterocycles. The molecule has 40 heavy (non-hydrogen) atoms. The standard InChI is InChI=1S/C28H32Cl2N6O4/c1-4-22(37)33-18-13-40-14-19(18)35-28-32-12-16-9-17(23-24(29)20(38-2)10-21(39-3)25(23)30)34-27(26(16)36-28)31-11-15-7-5-6-8-15/h4,9-10,12,15,18-19H,1,5-8,11,13-14H2,2-3H3,(H,31,34)(H,33,37)(H,32,35,36)/t18-,19+/m0/s1. The van der Waals surface area contributed by atoms with Gasteiger partial charge in [-0.1, -0.05) is 42.6 Å². The molecule has 1 aliphatic heterocycles. The number of carbonyl (C=O) groups is 1. The molecular weight excluding hydrogens is 555 g/mol. The molecule has 1 amide bonds. The molecule has 0 unspecified atom stereocenters. The molecule has 1 aromatic carbocycles. The summed E-state index contributed by atoms with van der Waals surface area (Å²) in [5.41, 5.74) is 1.68. The largest absolute Gasteiger partial charge is 0.495 e. The van der Waals surface area contributed by atoms with Crippen LogP contribution in [0.15, 0.2) is 31.0 Å². The molecule has 1 aliphatic carbocycles. The Morgan fingerprint density at radius 3 is 2.48 bits per heavy atom. The summed E-state index contributed by atoms with van der Waals surface area (Å²) in [6.45, 7) is 5.08. The third-order valence-corrected chi connectivity index (χ3v) is 8.09. The van der Waals surface area contributed by atoms with E-state index in [9.17, 15) is 4.79 Å². The fourth-order valence-electron chi connectivity index (χ4n) is 5.17. The second-order valence-corrected chi connectivity index (χ2v) is 10.7. The Balaban J connectivity index is 1.54. The molecule has 3 N–H and O–H groups in total. The average molecular weight is 588 g/mol. The van der Waals surface area contributed by atoms with Gasteiger partial charge in [0.2, 0.25) is 11.9 Å². The average Bonchev–Trinajstić information content (AvgIpc) is 3.64. The highest BCUT2D eigenvalue weighted by atomic mass is 35.5. The molecule has 2 fully saturated rings. The van der Waals surface area contributed by atoms with Gasteiger partial charge in [-0.2, -0.15) is 0 Å². The van der Waals surface area contributed by atoms with Crippen LogP contribution in [0.5, 0.6) is 11.5 Å². The topological polar surface area (TPSA) is 120 Å². The lowest BCUT2D eigenvalue weighted by atomic mass is 10.1. The Kier molecular flexibility index (Phi) is 8.78. The highest BCUT2D eigenvalue weighted by Gasteiger charge is 2.30. The van der Waals surface area contributed by atoms with E-state index in [1.807, 2.05) is 6.07 Å². The Bertz CT molecular complexity index is 1390. The fraction of sp³-hybridized carbons (Fsp3) is 0.429. The van der Waals surface area contributed by atoms with Crippen molar-refractivity contribution >= 4 is 51.8 Å². The van der Waals surface area contributed by atoms with Crippen LogP contribution in [0.25, 0.3) is 22.2 Å². The zero-order valence-corrected chi connectivity index (χ0v) is 23.9. The van der Waals surface area contributed by atoms with Gasteiger partial charge in [-0.3, -0.25) is 4.79 Å². The Morgan fingerprint density at radius 1 is 1.10 bits per heavy atom. The molecule has 0 spiro atoms. The van der Waals surface area contributed by atoms with E-state index < -0.39 is 0 Å². The van der Waals surface area contributed by atoms with E-state index in [2.05, 4.69) is 27.5 Å². The van der Waals surface area contributed by atoms with Gasteiger partial charge >= 0.3 is 0 Å². The van der Waals surface area contributed by atoms with E-state index in [4.69, 9.17) is 47.4 Å². The Hall–Kier alpha value is -3.34. The first kappa shape index (κ1) is 28.2. The van der Waals surface area contributed by atoms with Crippen LogP contribution >= 0.6 is 23.2 Å². The van der Waals surface area contributed by atoms with Gasteiger partial charge in [0.1, 0.15) is 17.0 Å². The minimum Gasteiger partial charge on any atom is -0.495 e. The van der Waals surface area contributed by atoms with Crippen molar-refractivity contribution in [3.63, 3.8) is 0 Å². The van der Waals surface area contributed by atoms with Crippen molar-refractivity contribution in [1.82, 2.24) is 20.3 Å². The molecule has 12 heteroatoms. The number of rotatable bonds is 10. The summed E-state index contributed by atoms with van der Waals surface area (Å²) in [4.78, 5) is 26.2.